The van der Waals surface area contributed by atoms with Crippen molar-refractivity contribution in [1.29, 1.82) is 0 Å². The number of para-hydroxylation sites is 1. The highest BCUT2D eigenvalue weighted by atomic mass is 19.4. The molecule has 0 aliphatic heterocycles. The molecule has 0 fully saturated rings. The Balaban J connectivity index is 2.38. The fraction of sp³-hybridized carbons (Fsp3) is 0.0833. The van der Waals surface area contributed by atoms with Crippen LogP contribution in [0.15, 0.2) is 36.5 Å². The Hall–Kier alpha value is -2.31. The molecule has 1 heterocycles. The van der Waals surface area contributed by atoms with E-state index in [0.29, 0.717) is 0 Å². The van der Waals surface area contributed by atoms with Gasteiger partial charge in [-0.2, -0.15) is 13.2 Å². The van der Waals surface area contributed by atoms with Crippen molar-refractivity contribution in [3.63, 3.8) is 0 Å². The molecule has 0 amide bonds. The average molecular weight is 271 g/mol. The summed E-state index contributed by atoms with van der Waals surface area (Å²) in [6.45, 7) is 0. The average Bonchev–Trinajstić information content (AvgIpc) is 2.33. The van der Waals surface area contributed by atoms with Crippen LogP contribution in [0.1, 0.15) is 5.69 Å². The van der Waals surface area contributed by atoms with Crippen LogP contribution in [0.2, 0.25) is 0 Å². The van der Waals surface area contributed by atoms with Crippen molar-refractivity contribution >= 4 is 17.1 Å². The van der Waals surface area contributed by atoms with Crippen LogP contribution < -0.4 is 11.1 Å². The number of pyridine rings is 1. The summed E-state index contributed by atoms with van der Waals surface area (Å²) >= 11 is 0. The molecule has 0 atom stereocenters. The van der Waals surface area contributed by atoms with Gasteiger partial charge in [-0.1, -0.05) is 12.1 Å². The highest BCUT2D eigenvalue weighted by molar-refractivity contribution is 5.72. The first kappa shape index (κ1) is 13.1. The summed E-state index contributed by atoms with van der Waals surface area (Å²) in [4.78, 5) is 3.19. The van der Waals surface area contributed by atoms with Crippen LogP contribution in [0, 0.1) is 5.82 Å². The minimum absolute atomic E-state index is 0.00347. The predicted octanol–water partition coefficient (Wildman–Crippen LogP) is 3.57. The zero-order chi connectivity index (χ0) is 14.0. The molecule has 0 radical (unpaired) electrons. The summed E-state index contributed by atoms with van der Waals surface area (Å²) < 4.78 is 50.9. The first-order chi connectivity index (χ1) is 8.88. The number of nitrogens with zero attached hydrogens (tertiary/aromatic N) is 1. The van der Waals surface area contributed by atoms with Crippen molar-refractivity contribution in [2.45, 2.75) is 6.18 Å². The molecule has 0 saturated carbocycles. The van der Waals surface area contributed by atoms with Crippen molar-refractivity contribution in [3.8, 4) is 0 Å². The van der Waals surface area contributed by atoms with Crippen LogP contribution in [-0.4, -0.2) is 4.98 Å². The number of hydrogen-bond donors (Lipinski definition) is 2. The molecule has 3 nitrogen and oxygen atoms in total. The van der Waals surface area contributed by atoms with Crippen LogP contribution in [0.25, 0.3) is 0 Å². The largest absolute Gasteiger partial charge is 0.433 e. The SMILES string of the molecule is Nc1cnc(C(F)(F)F)cc1Nc1ccccc1F. The fourth-order valence-electron chi connectivity index (χ4n) is 1.44. The summed E-state index contributed by atoms with van der Waals surface area (Å²) in [5.41, 5.74) is 4.40. The van der Waals surface area contributed by atoms with Gasteiger partial charge in [-0.15, -0.1) is 0 Å². The van der Waals surface area contributed by atoms with E-state index in [4.69, 9.17) is 5.73 Å². The Bertz CT molecular complexity index is 596. The molecule has 0 spiro atoms. The second-order valence-corrected chi connectivity index (χ2v) is 3.76. The number of alkyl halides is 3. The molecule has 1 aromatic carbocycles. The van der Waals surface area contributed by atoms with Gasteiger partial charge in [0.2, 0.25) is 0 Å². The third kappa shape index (κ3) is 2.93. The number of nitrogens with two attached hydrogens (primary N) is 1. The molecule has 3 N–H and O–H groups in total. The number of benzene rings is 1. The third-order valence-electron chi connectivity index (χ3n) is 2.37. The number of rotatable bonds is 2. The summed E-state index contributed by atoms with van der Waals surface area (Å²) in [5, 5.41) is 2.51. The lowest BCUT2D eigenvalue weighted by molar-refractivity contribution is -0.141. The maximum atomic E-state index is 13.4. The number of nitrogens with one attached hydrogen (secondary N) is 1. The van der Waals surface area contributed by atoms with Gasteiger partial charge >= 0.3 is 6.18 Å². The Kier molecular flexibility index (Phi) is 3.28. The lowest BCUT2D eigenvalue weighted by Crippen LogP contribution is -2.09. The second-order valence-electron chi connectivity index (χ2n) is 3.76. The summed E-state index contributed by atoms with van der Waals surface area (Å²) in [6.07, 6.45) is -3.70. The summed E-state index contributed by atoms with van der Waals surface area (Å²) in [5.74, 6) is -0.590. The van der Waals surface area contributed by atoms with Gasteiger partial charge in [0.25, 0.3) is 0 Å². The smallest absolute Gasteiger partial charge is 0.396 e. The van der Waals surface area contributed by atoms with Gasteiger partial charge < -0.3 is 11.1 Å². The molecular weight excluding hydrogens is 262 g/mol. The number of anilines is 3. The molecule has 100 valence electrons. The van der Waals surface area contributed by atoms with Crippen molar-refractivity contribution < 1.29 is 17.6 Å². The van der Waals surface area contributed by atoms with E-state index in [1.807, 2.05) is 0 Å². The lowest BCUT2D eigenvalue weighted by Gasteiger charge is -2.12. The predicted molar refractivity (Wildman–Crippen MR) is 63.3 cm³/mol. The normalized spacial score (nSPS) is 11.4. The van der Waals surface area contributed by atoms with E-state index in [1.165, 1.54) is 18.2 Å². The minimum atomic E-state index is -4.58. The number of nitrogen functional groups attached to an aromatic ring is 1. The van der Waals surface area contributed by atoms with Gasteiger partial charge in [-0.25, -0.2) is 9.37 Å². The molecule has 0 bridgehead atoms. The van der Waals surface area contributed by atoms with Gasteiger partial charge in [0.1, 0.15) is 11.5 Å². The van der Waals surface area contributed by atoms with E-state index in [9.17, 15) is 17.6 Å². The summed E-state index contributed by atoms with van der Waals surface area (Å²) in [6, 6.07) is 6.33. The molecule has 7 heteroatoms. The molecular formula is C12H9F4N3. The van der Waals surface area contributed by atoms with E-state index in [1.54, 1.807) is 6.07 Å². The van der Waals surface area contributed by atoms with Crippen LogP contribution in [0.3, 0.4) is 0 Å². The molecule has 19 heavy (non-hydrogen) atoms. The molecule has 0 aliphatic rings. The topological polar surface area (TPSA) is 50.9 Å². The first-order valence-corrected chi connectivity index (χ1v) is 5.22. The van der Waals surface area contributed by atoms with Crippen LogP contribution >= 0.6 is 0 Å². The van der Waals surface area contributed by atoms with Gasteiger partial charge in [-0.3, -0.25) is 0 Å². The van der Waals surface area contributed by atoms with Crippen molar-refractivity contribution in [3.05, 3.63) is 48.0 Å². The number of hydrogen-bond acceptors (Lipinski definition) is 3. The highest BCUT2D eigenvalue weighted by Gasteiger charge is 2.33. The Morgan fingerprint density at radius 1 is 1.11 bits per heavy atom. The van der Waals surface area contributed by atoms with E-state index < -0.39 is 17.7 Å². The van der Waals surface area contributed by atoms with Gasteiger partial charge in [0, 0.05) is 0 Å². The van der Waals surface area contributed by atoms with Crippen LogP contribution in [0.4, 0.5) is 34.6 Å². The zero-order valence-electron chi connectivity index (χ0n) is 9.50. The van der Waals surface area contributed by atoms with Crippen LogP contribution in [-0.2, 0) is 6.18 Å². The van der Waals surface area contributed by atoms with Crippen molar-refractivity contribution in [2.24, 2.45) is 0 Å². The Morgan fingerprint density at radius 2 is 1.79 bits per heavy atom. The zero-order valence-corrected chi connectivity index (χ0v) is 9.50. The second kappa shape index (κ2) is 4.75. The van der Waals surface area contributed by atoms with E-state index in [2.05, 4.69) is 10.3 Å². The number of halogens is 4. The van der Waals surface area contributed by atoms with E-state index >= 15 is 0 Å². The standard InChI is InChI=1S/C12H9F4N3/c13-7-3-1-2-4-9(7)19-10-5-11(12(14,15)16)18-6-8(10)17/h1-6H,17H2,(H,18,19). The maximum Gasteiger partial charge on any atom is 0.433 e. The van der Waals surface area contributed by atoms with Crippen molar-refractivity contribution in [2.75, 3.05) is 11.1 Å². The maximum absolute atomic E-state index is 13.4. The van der Waals surface area contributed by atoms with Gasteiger partial charge in [0.15, 0.2) is 0 Å². The van der Waals surface area contributed by atoms with Crippen LogP contribution in [0.5, 0.6) is 0 Å². The first-order valence-electron chi connectivity index (χ1n) is 5.22. The van der Waals surface area contributed by atoms with Crippen molar-refractivity contribution in [1.82, 2.24) is 4.98 Å². The fourth-order valence-corrected chi connectivity index (χ4v) is 1.44. The molecule has 1 aromatic heterocycles. The third-order valence-corrected chi connectivity index (χ3v) is 2.37. The molecule has 0 saturated heterocycles. The Labute approximate surface area is 106 Å². The molecule has 0 unspecified atom stereocenters. The monoisotopic (exact) mass is 271 g/mol. The summed E-state index contributed by atoms with van der Waals surface area (Å²) in [7, 11) is 0. The minimum Gasteiger partial charge on any atom is -0.396 e. The van der Waals surface area contributed by atoms with Gasteiger partial charge in [-0.05, 0) is 18.2 Å². The lowest BCUT2D eigenvalue weighted by atomic mass is 10.2. The molecule has 0 aliphatic carbocycles. The highest BCUT2D eigenvalue weighted by Crippen LogP contribution is 2.32. The van der Waals surface area contributed by atoms with Gasteiger partial charge in [0.05, 0.1) is 23.3 Å². The van der Waals surface area contributed by atoms with E-state index in [0.717, 1.165) is 12.3 Å². The van der Waals surface area contributed by atoms with E-state index in [-0.39, 0.29) is 17.1 Å². The molecule has 2 rings (SSSR count). The molecule has 2 aromatic rings. The number of aromatic nitrogens is 1. The Morgan fingerprint density at radius 3 is 2.42 bits per heavy atom. The quantitative estimate of drug-likeness (QED) is 0.821.